The lowest BCUT2D eigenvalue weighted by molar-refractivity contribution is -0.123. The van der Waals surface area contributed by atoms with Gasteiger partial charge in [0.25, 0.3) is 0 Å². The summed E-state index contributed by atoms with van der Waals surface area (Å²) in [6, 6.07) is 7.53. The number of rotatable bonds is 7. The van der Waals surface area contributed by atoms with Gasteiger partial charge in [0.2, 0.25) is 11.8 Å². The number of carbonyl (C=O) groups is 2. The second-order valence-corrected chi connectivity index (χ2v) is 6.52. The van der Waals surface area contributed by atoms with Crippen LogP contribution in [-0.2, 0) is 16.0 Å². The number of primary amides is 1. The van der Waals surface area contributed by atoms with Gasteiger partial charge >= 0.3 is 0 Å². The molecule has 3 N–H and O–H groups in total. The van der Waals surface area contributed by atoms with Crippen molar-refractivity contribution in [3.05, 3.63) is 30.0 Å². The van der Waals surface area contributed by atoms with Crippen LogP contribution >= 0.6 is 0 Å². The highest BCUT2D eigenvalue weighted by atomic mass is 16.5. The molecule has 1 aliphatic rings. The van der Waals surface area contributed by atoms with Gasteiger partial charge in [-0.3, -0.25) is 9.59 Å². The molecule has 0 saturated carbocycles. The highest BCUT2D eigenvalue weighted by molar-refractivity contribution is 5.86. The van der Waals surface area contributed by atoms with E-state index in [0.29, 0.717) is 17.8 Å². The molecule has 1 aromatic carbocycles. The second kappa shape index (κ2) is 8.11. The molecule has 1 fully saturated rings. The van der Waals surface area contributed by atoms with E-state index in [2.05, 4.69) is 15.4 Å². The van der Waals surface area contributed by atoms with Crippen molar-refractivity contribution >= 4 is 22.8 Å². The van der Waals surface area contributed by atoms with Gasteiger partial charge in [-0.1, -0.05) is 17.3 Å². The van der Waals surface area contributed by atoms with Gasteiger partial charge in [0.05, 0.1) is 6.42 Å². The smallest absolute Gasteiger partial charge is 0.226 e. The van der Waals surface area contributed by atoms with E-state index in [4.69, 9.17) is 10.3 Å². The van der Waals surface area contributed by atoms with Crippen LogP contribution in [0, 0.1) is 5.92 Å². The first-order valence-electron chi connectivity index (χ1n) is 8.75. The number of hydrogen-bond donors (Lipinski definition) is 2. The van der Waals surface area contributed by atoms with E-state index in [1.54, 1.807) is 0 Å². The molecule has 0 bridgehead atoms. The zero-order valence-electron chi connectivity index (χ0n) is 14.2. The van der Waals surface area contributed by atoms with Gasteiger partial charge in [-0.05, 0) is 51.0 Å². The Morgan fingerprint density at radius 3 is 2.80 bits per heavy atom. The summed E-state index contributed by atoms with van der Waals surface area (Å²) in [5, 5.41) is 7.79. The third-order valence-corrected chi connectivity index (χ3v) is 4.74. The number of nitrogens with zero attached hydrogens (tertiary/aromatic N) is 2. The molecule has 0 aliphatic carbocycles. The van der Waals surface area contributed by atoms with Crippen LogP contribution < -0.4 is 11.1 Å². The van der Waals surface area contributed by atoms with Crippen LogP contribution in [0.4, 0.5) is 0 Å². The van der Waals surface area contributed by atoms with Crippen molar-refractivity contribution in [2.75, 3.05) is 26.2 Å². The minimum atomic E-state index is -0.188. The number of amides is 2. The summed E-state index contributed by atoms with van der Waals surface area (Å²) in [4.78, 5) is 25.5. The minimum Gasteiger partial charge on any atom is -0.369 e. The number of nitrogens with two attached hydrogens (primary N) is 1. The maximum absolute atomic E-state index is 12.1. The number of aromatic nitrogens is 1. The molecule has 3 rings (SSSR count). The highest BCUT2D eigenvalue weighted by Crippen LogP contribution is 2.18. The molecule has 7 heteroatoms. The van der Waals surface area contributed by atoms with Gasteiger partial charge in [0, 0.05) is 17.8 Å². The Bertz CT molecular complexity index is 735. The van der Waals surface area contributed by atoms with Crippen molar-refractivity contribution in [2.45, 2.75) is 25.7 Å². The molecule has 134 valence electrons. The molecular formula is C18H24N4O3. The lowest BCUT2D eigenvalue weighted by atomic mass is 9.96. The molecule has 2 heterocycles. The molecule has 0 radical (unpaired) electrons. The number of nitrogens with one attached hydrogen (secondary N) is 1. The number of hydrogen-bond acceptors (Lipinski definition) is 5. The zero-order chi connectivity index (χ0) is 17.6. The molecule has 7 nitrogen and oxygen atoms in total. The average Bonchev–Trinajstić information content (AvgIpc) is 3.02. The largest absolute Gasteiger partial charge is 0.369 e. The van der Waals surface area contributed by atoms with E-state index in [1.807, 2.05) is 24.3 Å². The van der Waals surface area contributed by atoms with E-state index in [9.17, 15) is 9.59 Å². The SMILES string of the molecule is NC(=O)C1CCN(CCCNC(=O)Cc2noc3ccccc23)CC1. The number of para-hydroxylation sites is 1. The Morgan fingerprint density at radius 1 is 1.28 bits per heavy atom. The average molecular weight is 344 g/mol. The first-order valence-corrected chi connectivity index (χ1v) is 8.75. The predicted octanol–water partition coefficient (Wildman–Crippen LogP) is 1.07. The monoisotopic (exact) mass is 344 g/mol. The molecule has 0 unspecified atom stereocenters. The first-order chi connectivity index (χ1) is 12.1. The summed E-state index contributed by atoms with van der Waals surface area (Å²) in [5.74, 6) is -0.216. The standard InChI is InChI=1S/C18H24N4O3/c19-18(24)13-6-10-22(11-7-13)9-3-8-20-17(23)12-15-14-4-1-2-5-16(14)25-21-15/h1-2,4-5,13H,3,6-12H2,(H2,19,24)(H,20,23). The number of piperidine rings is 1. The molecular weight excluding hydrogens is 320 g/mol. The summed E-state index contributed by atoms with van der Waals surface area (Å²) >= 11 is 0. The quantitative estimate of drug-likeness (QED) is 0.732. The summed E-state index contributed by atoms with van der Waals surface area (Å²) in [5.41, 5.74) is 6.71. The van der Waals surface area contributed by atoms with Gasteiger partial charge in [0.1, 0.15) is 5.69 Å². The molecule has 2 aromatic rings. The molecule has 25 heavy (non-hydrogen) atoms. The van der Waals surface area contributed by atoms with Crippen LogP contribution in [0.1, 0.15) is 25.0 Å². The molecule has 1 saturated heterocycles. The fourth-order valence-corrected chi connectivity index (χ4v) is 3.25. The minimum absolute atomic E-state index is 0.0215. The van der Waals surface area contributed by atoms with E-state index >= 15 is 0 Å². The van der Waals surface area contributed by atoms with E-state index in [0.717, 1.165) is 44.3 Å². The van der Waals surface area contributed by atoms with Gasteiger partial charge in [0.15, 0.2) is 5.58 Å². The van der Waals surface area contributed by atoms with Crippen molar-refractivity contribution in [1.82, 2.24) is 15.4 Å². The number of likely N-dealkylation sites (tertiary alicyclic amines) is 1. The van der Waals surface area contributed by atoms with Crippen LogP contribution in [0.5, 0.6) is 0 Å². The number of carbonyl (C=O) groups excluding carboxylic acids is 2. The Kier molecular flexibility index (Phi) is 5.65. The summed E-state index contributed by atoms with van der Waals surface area (Å²) in [6.07, 6.45) is 2.77. The van der Waals surface area contributed by atoms with Crippen LogP contribution in [0.3, 0.4) is 0 Å². The van der Waals surface area contributed by atoms with Crippen LogP contribution in [0.2, 0.25) is 0 Å². The van der Waals surface area contributed by atoms with E-state index < -0.39 is 0 Å². The molecule has 1 aromatic heterocycles. The zero-order valence-corrected chi connectivity index (χ0v) is 14.2. The Balaban J connectivity index is 1.35. The Morgan fingerprint density at radius 2 is 2.04 bits per heavy atom. The van der Waals surface area contributed by atoms with Gasteiger partial charge < -0.3 is 20.5 Å². The lowest BCUT2D eigenvalue weighted by Crippen LogP contribution is -2.39. The highest BCUT2D eigenvalue weighted by Gasteiger charge is 2.22. The maximum Gasteiger partial charge on any atom is 0.226 e. The topological polar surface area (TPSA) is 101 Å². The van der Waals surface area contributed by atoms with Crippen LogP contribution in [0.15, 0.2) is 28.8 Å². The number of benzene rings is 1. The van der Waals surface area contributed by atoms with Crippen LogP contribution in [0.25, 0.3) is 11.0 Å². The van der Waals surface area contributed by atoms with Crippen molar-refractivity contribution in [2.24, 2.45) is 11.7 Å². The van der Waals surface area contributed by atoms with Gasteiger partial charge in [-0.25, -0.2) is 0 Å². The van der Waals surface area contributed by atoms with Crippen molar-refractivity contribution in [3.8, 4) is 0 Å². The molecule has 0 spiro atoms. The second-order valence-electron chi connectivity index (χ2n) is 6.52. The summed E-state index contributed by atoms with van der Waals surface area (Å²) in [7, 11) is 0. The van der Waals surface area contributed by atoms with Crippen molar-refractivity contribution in [1.29, 1.82) is 0 Å². The van der Waals surface area contributed by atoms with Gasteiger partial charge in [-0.2, -0.15) is 0 Å². The summed E-state index contributed by atoms with van der Waals surface area (Å²) < 4.78 is 5.21. The molecule has 0 atom stereocenters. The van der Waals surface area contributed by atoms with E-state index in [1.165, 1.54) is 0 Å². The Labute approximate surface area is 146 Å². The van der Waals surface area contributed by atoms with Crippen molar-refractivity contribution in [3.63, 3.8) is 0 Å². The fourth-order valence-electron chi connectivity index (χ4n) is 3.25. The third-order valence-electron chi connectivity index (χ3n) is 4.74. The molecule has 1 aliphatic heterocycles. The predicted molar refractivity (Wildman–Crippen MR) is 93.7 cm³/mol. The Hall–Kier alpha value is -2.41. The first kappa shape index (κ1) is 17.4. The normalized spacial score (nSPS) is 16.2. The van der Waals surface area contributed by atoms with Crippen LogP contribution in [-0.4, -0.2) is 48.0 Å². The van der Waals surface area contributed by atoms with E-state index in [-0.39, 0.29) is 24.2 Å². The third kappa shape index (κ3) is 4.57. The fraction of sp³-hybridized carbons (Fsp3) is 0.500. The molecule has 2 amide bonds. The summed E-state index contributed by atoms with van der Waals surface area (Å²) in [6.45, 7) is 3.34. The van der Waals surface area contributed by atoms with Gasteiger partial charge in [-0.15, -0.1) is 0 Å². The van der Waals surface area contributed by atoms with Crippen molar-refractivity contribution < 1.29 is 14.1 Å². The maximum atomic E-state index is 12.1. The lowest BCUT2D eigenvalue weighted by Gasteiger charge is -2.30. The number of fused-ring (bicyclic) bond motifs is 1.